The van der Waals surface area contributed by atoms with E-state index in [2.05, 4.69) is 70.2 Å². The number of ether oxygens (including phenoxy) is 3. The Hall–Kier alpha value is -6.71. The number of aliphatic hydroxyl groups is 2. The summed E-state index contributed by atoms with van der Waals surface area (Å²) in [5.74, 6) is -1.96. The Morgan fingerprint density at radius 3 is 2.43 bits per heavy atom. The van der Waals surface area contributed by atoms with Crippen LogP contribution >= 0.6 is 0 Å². The second kappa shape index (κ2) is 20.9. The van der Waals surface area contributed by atoms with Crippen molar-refractivity contribution in [3.63, 3.8) is 0 Å². The topological polar surface area (TPSA) is 206 Å². The molecular weight excluding hydrogens is 960 g/mol. The van der Waals surface area contributed by atoms with Crippen molar-refractivity contribution in [2.24, 2.45) is 0 Å². The summed E-state index contributed by atoms with van der Waals surface area (Å²) in [6.45, 7) is 7.50. The maximum absolute atomic E-state index is 15.8. The van der Waals surface area contributed by atoms with Gasteiger partial charge in [-0.25, -0.2) is 9.37 Å². The number of nitrogens with one attached hydrogen (secondary N) is 5. The van der Waals surface area contributed by atoms with Gasteiger partial charge in [-0.1, -0.05) is 32.0 Å². The summed E-state index contributed by atoms with van der Waals surface area (Å²) >= 11 is 0. The van der Waals surface area contributed by atoms with Crippen molar-refractivity contribution < 1.29 is 52.0 Å². The number of aromatic nitrogens is 3. The molecule has 3 atom stereocenters. The lowest BCUT2D eigenvalue weighted by Gasteiger charge is -2.34. The van der Waals surface area contributed by atoms with Gasteiger partial charge in [0.15, 0.2) is 11.5 Å². The molecule has 3 fully saturated rings. The minimum Gasteiger partial charge on any atom is -0.395 e. The van der Waals surface area contributed by atoms with Crippen LogP contribution in [0, 0.1) is 5.82 Å². The van der Waals surface area contributed by atoms with E-state index < -0.39 is 35.0 Å². The number of benzene rings is 3. The van der Waals surface area contributed by atoms with Gasteiger partial charge in [-0.2, -0.15) is 0 Å². The lowest BCUT2D eigenvalue weighted by molar-refractivity contribution is -0.286. The molecule has 2 saturated heterocycles. The third-order valence-electron chi connectivity index (χ3n) is 14.6. The fraction of sp³-hybridized carbons (Fsp3) is 0.444. The number of anilines is 2. The van der Waals surface area contributed by atoms with Gasteiger partial charge < -0.3 is 65.0 Å². The van der Waals surface area contributed by atoms with Crippen molar-refractivity contribution in [2.75, 3.05) is 69.3 Å². The molecule has 6 aromatic rings. The number of halogens is 3. The Balaban J connectivity index is 0.639. The summed E-state index contributed by atoms with van der Waals surface area (Å²) in [4.78, 5) is 46.4. The fourth-order valence-electron chi connectivity index (χ4n) is 10.4. The van der Waals surface area contributed by atoms with E-state index >= 15 is 4.39 Å². The maximum Gasteiger partial charge on any atom is 0.586 e. The molecule has 20 heteroatoms. The van der Waals surface area contributed by atoms with Crippen LogP contribution in [-0.4, -0.2) is 126 Å². The summed E-state index contributed by atoms with van der Waals surface area (Å²) in [5, 5.41) is 38.2. The van der Waals surface area contributed by atoms with Crippen LogP contribution in [0.1, 0.15) is 66.7 Å². The van der Waals surface area contributed by atoms with Crippen LogP contribution in [0.2, 0.25) is 0 Å². The molecule has 4 aliphatic rings. The number of piperazine rings is 1. The first-order valence-corrected chi connectivity index (χ1v) is 25.3. The number of aliphatic hydroxyl groups excluding tert-OH is 2. The maximum atomic E-state index is 15.8. The molecule has 7 N–H and O–H groups in total. The average molecular weight is 1020 g/mol. The summed E-state index contributed by atoms with van der Waals surface area (Å²) in [6, 6.07) is 22.2. The van der Waals surface area contributed by atoms with Crippen LogP contribution in [0.15, 0.2) is 85.2 Å². The van der Waals surface area contributed by atoms with Crippen molar-refractivity contribution in [1.29, 1.82) is 0 Å². The molecule has 3 aliphatic heterocycles. The number of amides is 3. The second-order valence-corrected chi connectivity index (χ2v) is 20.6. The summed E-state index contributed by atoms with van der Waals surface area (Å²) < 4.78 is 61.4. The van der Waals surface area contributed by atoms with E-state index in [1.807, 2.05) is 19.9 Å². The Labute approximate surface area is 425 Å². The largest absolute Gasteiger partial charge is 0.586 e. The molecule has 2 bridgehead atoms. The van der Waals surface area contributed by atoms with Gasteiger partial charge in [-0.15, -0.1) is 8.78 Å². The third-order valence-corrected chi connectivity index (χ3v) is 14.6. The van der Waals surface area contributed by atoms with E-state index in [4.69, 9.17) is 4.74 Å². The minimum atomic E-state index is -3.80. The second-order valence-electron chi connectivity index (χ2n) is 20.6. The van der Waals surface area contributed by atoms with E-state index in [1.54, 1.807) is 27.5 Å². The van der Waals surface area contributed by atoms with Crippen molar-refractivity contribution in [2.45, 2.75) is 94.4 Å². The van der Waals surface area contributed by atoms with Crippen LogP contribution in [-0.2, 0) is 44.7 Å². The molecule has 3 aromatic carbocycles. The normalized spacial score (nSPS) is 18.7. The summed E-state index contributed by atoms with van der Waals surface area (Å²) in [5.41, 5.74) is 3.07. The number of carbonyl (C=O) groups is 3. The van der Waals surface area contributed by atoms with Crippen LogP contribution in [0.4, 0.5) is 24.5 Å². The lowest BCUT2D eigenvalue weighted by atomic mass is 9.90. The van der Waals surface area contributed by atoms with Gasteiger partial charge >= 0.3 is 6.29 Å². The first-order valence-electron chi connectivity index (χ1n) is 25.3. The van der Waals surface area contributed by atoms with Gasteiger partial charge in [0.1, 0.15) is 18.0 Å². The molecule has 0 unspecified atom stereocenters. The highest BCUT2D eigenvalue weighted by atomic mass is 19.3. The van der Waals surface area contributed by atoms with E-state index in [0.29, 0.717) is 84.4 Å². The summed E-state index contributed by atoms with van der Waals surface area (Å²) in [6.07, 6.45) is 2.61. The van der Waals surface area contributed by atoms with Gasteiger partial charge in [-0.3, -0.25) is 14.4 Å². The van der Waals surface area contributed by atoms with Gasteiger partial charge in [-0.05, 0) is 91.8 Å². The van der Waals surface area contributed by atoms with Crippen LogP contribution in [0.5, 0.6) is 11.5 Å². The number of hydrogen-bond donors (Lipinski definition) is 7. The Morgan fingerprint density at radius 2 is 1.68 bits per heavy atom. The zero-order valence-corrected chi connectivity index (χ0v) is 41.4. The Morgan fingerprint density at radius 1 is 0.919 bits per heavy atom. The molecular formula is C54H62F3N9O8. The predicted octanol–water partition coefficient (Wildman–Crippen LogP) is 5.09. The molecule has 0 spiro atoms. The molecule has 0 radical (unpaired) electrons. The highest BCUT2D eigenvalue weighted by molar-refractivity contribution is 6.03. The van der Waals surface area contributed by atoms with Crippen molar-refractivity contribution in [1.82, 2.24) is 35.4 Å². The zero-order valence-electron chi connectivity index (χ0n) is 41.4. The summed E-state index contributed by atoms with van der Waals surface area (Å²) in [7, 11) is 0. The molecule has 3 amide bonds. The zero-order chi connectivity index (χ0) is 51.8. The fourth-order valence-corrected chi connectivity index (χ4v) is 10.4. The Bertz CT molecular complexity index is 3040. The predicted molar refractivity (Wildman–Crippen MR) is 271 cm³/mol. The molecule has 17 nitrogen and oxygen atoms in total. The molecule has 392 valence electrons. The number of alkyl halides is 2. The highest BCUT2D eigenvalue weighted by Crippen LogP contribution is 2.52. The number of rotatable bonds is 22. The molecule has 74 heavy (non-hydrogen) atoms. The van der Waals surface area contributed by atoms with Gasteiger partial charge in [0.05, 0.1) is 54.7 Å². The van der Waals surface area contributed by atoms with E-state index in [0.717, 1.165) is 24.0 Å². The SMILES string of the molecule is CC(C)(CO)c1cc2cc(NC(=O)C3(c4ccc5c(c4)OC(F)(F)O5)CC3)c(F)cc2n1C[C@@H](O)CNCCOCCNC(=O)Cn1ccc2cc(C(=O)NCCc3ccc(N4C[C@H]5CC[C@@H](C4)N5)cc3)cnc21. The first-order chi connectivity index (χ1) is 35.6. The number of fused-ring (bicyclic) bond motifs is 5. The molecule has 1 saturated carbocycles. The van der Waals surface area contributed by atoms with Gasteiger partial charge in [0.25, 0.3) is 5.91 Å². The third kappa shape index (κ3) is 11.0. The van der Waals surface area contributed by atoms with Crippen LogP contribution < -0.4 is 41.0 Å². The number of hydrogen-bond acceptors (Lipinski definition) is 12. The van der Waals surface area contributed by atoms with Crippen molar-refractivity contribution >= 4 is 51.0 Å². The average Bonchev–Trinajstić information content (AvgIpc) is 3.64. The first kappa shape index (κ1) is 50.8. The van der Waals surface area contributed by atoms with Crippen LogP contribution in [0.3, 0.4) is 0 Å². The monoisotopic (exact) mass is 1020 g/mol. The molecule has 3 aromatic heterocycles. The highest BCUT2D eigenvalue weighted by Gasteiger charge is 2.53. The molecule has 6 heterocycles. The van der Waals surface area contributed by atoms with Gasteiger partial charge in [0.2, 0.25) is 11.8 Å². The quantitative estimate of drug-likeness (QED) is 0.0445. The lowest BCUT2D eigenvalue weighted by Crippen LogP contribution is -2.51. The van der Waals surface area contributed by atoms with Crippen LogP contribution in [0.25, 0.3) is 21.9 Å². The number of pyridine rings is 1. The van der Waals surface area contributed by atoms with E-state index in [-0.39, 0.29) is 68.4 Å². The van der Waals surface area contributed by atoms with Crippen molar-refractivity contribution in [3.05, 3.63) is 113 Å². The molecule has 10 rings (SSSR count). The molecule has 1 aliphatic carbocycles. The standard InChI is InChI=1S/C54H62F3N9O8/c1-52(2,32-67)47-23-35-22-43(63-51(71)53(13-14-53)37-5-10-45-46(24-37)74-54(56,57)73-45)42(55)25-44(35)66(47)30-41(68)27-58-16-19-72-20-17-59-48(69)31-64-18-12-34-21-36(26-61-49(34)64)50(70)60-15-11-33-3-8-40(9-4-33)65-28-38-6-7-39(29-65)62-38/h3-5,8-10,12,18,21-26,38-39,41,58,62,67-68H,6-7,11,13-17,19-20,27-32H2,1-2H3,(H,59,69)(H,60,70)(H,63,71)/t38-,39+,41-/m0/s1. The smallest absolute Gasteiger partial charge is 0.395 e. The Kier molecular flexibility index (Phi) is 14.3. The van der Waals surface area contributed by atoms with Crippen molar-refractivity contribution in [3.8, 4) is 11.5 Å². The minimum absolute atomic E-state index is 0.0350. The number of nitrogens with zero attached hydrogens (tertiary/aromatic N) is 4. The van der Waals surface area contributed by atoms with E-state index in [1.165, 1.54) is 55.1 Å². The number of carbonyl (C=O) groups excluding carboxylic acids is 3. The van der Waals surface area contributed by atoms with E-state index in [9.17, 15) is 33.4 Å². The van der Waals surface area contributed by atoms with Gasteiger partial charge in [0, 0.05) is 97.4 Å².